The summed E-state index contributed by atoms with van der Waals surface area (Å²) in [5.41, 5.74) is 6.46. The maximum Gasteiger partial charge on any atom is 0.234 e. The van der Waals surface area contributed by atoms with E-state index in [1.54, 1.807) is 0 Å². The van der Waals surface area contributed by atoms with Gasteiger partial charge in [-0.2, -0.15) is 5.10 Å². The molecule has 0 radical (unpaired) electrons. The van der Waals surface area contributed by atoms with Gasteiger partial charge in [0.25, 0.3) is 0 Å². The number of amides is 1. The monoisotopic (exact) mass is 497 g/mol. The smallest absolute Gasteiger partial charge is 0.234 e. The Morgan fingerprint density at radius 2 is 1.13 bits per heavy atom. The van der Waals surface area contributed by atoms with E-state index < -0.39 is 0 Å². The highest BCUT2D eigenvalue weighted by Crippen LogP contribution is 2.34. The fourth-order valence-corrected chi connectivity index (χ4v) is 5.53. The van der Waals surface area contributed by atoms with E-state index in [4.69, 9.17) is 5.10 Å². The lowest BCUT2D eigenvalue weighted by atomic mass is 9.89. The first-order valence-corrected chi connectivity index (χ1v) is 13.4. The minimum atomic E-state index is -0.289. The normalized spacial score (nSPS) is 14.1. The van der Waals surface area contributed by atoms with E-state index in [2.05, 4.69) is 83.5 Å². The molecule has 4 aromatic carbocycles. The van der Waals surface area contributed by atoms with Crippen molar-refractivity contribution < 1.29 is 4.79 Å². The van der Waals surface area contributed by atoms with Crippen molar-refractivity contribution in [2.24, 2.45) is 0 Å². The minimum Gasteiger partial charge on any atom is -0.342 e. The zero-order chi connectivity index (χ0) is 25.7. The van der Waals surface area contributed by atoms with Crippen LogP contribution in [-0.2, 0) is 4.79 Å². The molecule has 1 amide bonds. The highest BCUT2D eigenvalue weighted by atomic mass is 16.2. The molecule has 0 unspecified atom stereocenters. The molecule has 1 aliphatic rings. The van der Waals surface area contributed by atoms with Gasteiger partial charge in [0.15, 0.2) is 0 Å². The summed E-state index contributed by atoms with van der Waals surface area (Å²) >= 11 is 0. The largest absolute Gasteiger partial charge is 0.342 e. The van der Waals surface area contributed by atoms with Crippen molar-refractivity contribution in [3.63, 3.8) is 0 Å². The molecule has 1 fully saturated rings. The van der Waals surface area contributed by atoms with Crippen LogP contribution in [0.3, 0.4) is 0 Å². The number of rotatable bonds is 6. The summed E-state index contributed by atoms with van der Waals surface area (Å²) in [6.45, 7) is 1.43. The molecule has 1 aromatic heterocycles. The van der Waals surface area contributed by atoms with Crippen molar-refractivity contribution in [3.05, 3.63) is 139 Å². The Labute approximate surface area is 224 Å². The average Bonchev–Trinajstić information content (AvgIpc) is 3.45. The molecule has 0 spiro atoms. The molecule has 0 aliphatic carbocycles. The van der Waals surface area contributed by atoms with Crippen LogP contribution < -0.4 is 0 Å². The maximum atomic E-state index is 13.9. The second-order valence-corrected chi connectivity index (χ2v) is 9.90. The van der Waals surface area contributed by atoms with Gasteiger partial charge in [-0.25, -0.2) is 0 Å². The molecule has 0 N–H and O–H groups in total. The fourth-order valence-electron chi connectivity index (χ4n) is 5.53. The van der Waals surface area contributed by atoms with Gasteiger partial charge in [0.2, 0.25) is 5.91 Å². The predicted octanol–water partition coefficient (Wildman–Crippen LogP) is 7.21. The average molecular weight is 498 g/mol. The molecule has 0 saturated carbocycles. The zero-order valence-corrected chi connectivity index (χ0v) is 21.4. The van der Waals surface area contributed by atoms with Crippen LogP contribution in [0.4, 0.5) is 0 Å². The summed E-state index contributed by atoms with van der Waals surface area (Å²) in [4.78, 5) is 16.0. The summed E-state index contributed by atoms with van der Waals surface area (Å²) in [5, 5.41) is 5.09. The van der Waals surface area contributed by atoms with Crippen LogP contribution in [-0.4, -0.2) is 33.7 Å². The van der Waals surface area contributed by atoms with Crippen LogP contribution in [0.1, 0.15) is 35.9 Å². The molecular formula is C34H31N3O. The van der Waals surface area contributed by atoms with E-state index in [9.17, 15) is 4.79 Å². The standard InChI is InChI=1S/C34H31N3O/c38-34(33(28-17-9-3-10-18-28)29-19-11-4-12-20-29)36-23-21-30(22-24-36)37-32(27-15-7-2-8-16-27)25-31(35-37)26-13-5-1-6-14-26/h1-20,25,30,33H,21-24H2. The van der Waals surface area contributed by atoms with E-state index in [0.717, 1.165) is 46.5 Å². The van der Waals surface area contributed by atoms with Crippen LogP contribution in [0, 0.1) is 0 Å². The van der Waals surface area contributed by atoms with Gasteiger partial charge in [-0.15, -0.1) is 0 Å². The number of carbonyl (C=O) groups excluding carboxylic acids is 1. The fraction of sp³-hybridized carbons (Fsp3) is 0.176. The van der Waals surface area contributed by atoms with Gasteiger partial charge in [0, 0.05) is 18.7 Å². The topological polar surface area (TPSA) is 38.1 Å². The lowest BCUT2D eigenvalue weighted by Crippen LogP contribution is -2.42. The second kappa shape index (κ2) is 10.9. The van der Waals surface area contributed by atoms with E-state index in [1.165, 1.54) is 0 Å². The predicted molar refractivity (Wildman–Crippen MR) is 153 cm³/mol. The van der Waals surface area contributed by atoms with Crippen LogP contribution in [0.25, 0.3) is 22.5 Å². The molecule has 0 atom stereocenters. The molecule has 0 bridgehead atoms. The van der Waals surface area contributed by atoms with Crippen molar-refractivity contribution in [2.45, 2.75) is 24.8 Å². The molecule has 2 heterocycles. The highest BCUT2D eigenvalue weighted by Gasteiger charge is 2.32. The third-order valence-electron chi connectivity index (χ3n) is 7.51. The molecule has 188 valence electrons. The Bertz CT molecular complexity index is 1430. The molecule has 1 aliphatic heterocycles. The lowest BCUT2D eigenvalue weighted by molar-refractivity contribution is -0.133. The quantitative estimate of drug-likeness (QED) is 0.249. The third kappa shape index (κ3) is 4.90. The summed E-state index contributed by atoms with van der Waals surface area (Å²) in [6, 6.07) is 43.5. The molecule has 5 aromatic rings. The Morgan fingerprint density at radius 3 is 1.66 bits per heavy atom. The number of aromatic nitrogens is 2. The Balaban J connectivity index is 1.26. The van der Waals surface area contributed by atoms with Gasteiger partial charge in [0.1, 0.15) is 0 Å². The number of likely N-dealkylation sites (tertiary alicyclic amines) is 1. The summed E-state index contributed by atoms with van der Waals surface area (Å²) in [7, 11) is 0. The van der Waals surface area contributed by atoms with Crippen LogP contribution in [0.5, 0.6) is 0 Å². The van der Waals surface area contributed by atoms with Gasteiger partial charge in [0.05, 0.1) is 23.3 Å². The SMILES string of the molecule is O=C(C(c1ccccc1)c1ccccc1)N1CCC(n2nc(-c3ccccc3)cc2-c2ccccc2)CC1. The lowest BCUT2D eigenvalue weighted by Gasteiger charge is -2.35. The first-order chi connectivity index (χ1) is 18.8. The van der Waals surface area contributed by atoms with Crippen LogP contribution in [0.15, 0.2) is 127 Å². The van der Waals surface area contributed by atoms with Crippen molar-refractivity contribution >= 4 is 5.91 Å². The van der Waals surface area contributed by atoms with E-state index in [-0.39, 0.29) is 17.9 Å². The number of hydrogen-bond donors (Lipinski definition) is 0. The van der Waals surface area contributed by atoms with Crippen LogP contribution >= 0.6 is 0 Å². The van der Waals surface area contributed by atoms with E-state index in [1.807, 2.05) is 53.4 Å². The summed E-state index contributed by atoms with van der Waals surface area (Å²) < 4.78 is 2.20. The van der Waals surface area contributed by atoms with Crippen molar-refractivity contribution in [2.75, 3.05) is 13.1 Å². The van der Waals surface area contributed by atoms with Gasteiger partial charge in [-0.3, -0.25) is 9.48 Å². The van der Waals surface area contributed by atoms with E-state index in [0.29, 0.717) is 13.1 Å². The van der Waals surface area contributed by atoms with Gasteiger partial charge >= 0.3 is 0 Å². The van der Waals surface area contributed by atoms with Gasteiger partial charge < -0.3 is 4.90 Å². The maximum absolute atomic E-state index is 13.9. The zero-order valence-electron chi connectivity index (χ0n) is 21.4. The first kappa shape index (κ1) is 23.9. The molecule has 38 heavy (non-hydrogen) atoms. The minimum absolute atomic E-state index is 0.176. The Hall–Kier alpha value is -4.44. The van der Waals surface area contributed by atoms with E-state index >= 15 is 0 Å². The Kier molecular flexibility index (Phi) is 6.86. The molecule has 1 saturated heterocycles. The Morgan fingerprint density at radius 1 is 0.658 bits per heavy atom. The van der Waals surface area contributed by atoms with Crippen LogP contribution in [0.2, 0.25) is 0 Å². The highest BCUT2D eigenvalue weighted by molar-refractivity contribution is 5.87. The molecular weight excluding hydrogens is 466 g/mol. The van der Waals surface area contributed by atoms with Crippen molar-refractivity contribution in [3.8, 4) is 22.5 Å². The summed E-state index contributed by atoms with van der Waals surface area (Å²) in [5.74, 6) is -0.113. The van der Waals surface area contributed by atoms with Crippen molar-refractivity contribution in [1.29, 1.82) is 0 Å². The summed E-state index contributed by atoms with van der Waals surface area (Å²) in [6.07, 6.45) is 1.75. The first-order valence-electron chi connectivity index (χ1n) is 13.4. The van der Waals surface area contributed by atoms with Gasteiger partial charge in [-0.1, -0.05) is 121 Å². The molecule has 4 nitrogen and oxygen atoms in total. The number of piperidine rings is 1. The number of benzene rings is 4. The number of carbonyl (C=O) groups is 1. The van der Waals surface area contributed by atoms with Gasteiger partial charge in [-0.05, 0) is 35.6 Å². The van der Waals surface area contributed by atoms with Crippen molar-refractivity contribution in [1.82, 2.24) is 14.7 Å². The second-order valence-electron chi connectivity index (χ2n) is 9.90. The molecule has 6 rings (SSSR count). The number of hydrogen-bond acceptors (Lipinski definition) is 2. The third-order valence-corrected chi connectivity index (χ3v) is 7.51. The molecule has 4 heteroatoms. The number of nitrogens with zero attached hydrogens (tertiary/aromatic N) is 3.